The Hall–Kier alpha value is -4.51. The van der Waals surface area contributed by atoms with E-state index < -0.39 is 17.9 Å². The van der Waals surface area contributed by atoms with Crippen molar-refractivity contribution in [1.29, 1.82) is 0 Å². The van der Waals surface area contributed by atoms with Crippen molar-refractivity contribution in [2.24, 2.45) is 32.9 Å². The monoisotopic (exact) mass is 562 g/mol. The third kappa shape index (κ3) is 9.57. The number of amides is 1. The van der Waals surface area contributed by atoms with Crippen molar-refractivity contribution in [3.05, 3.63) is 83.7 Å². The van der Waals surface area contributed by atoms with Crippen LogP contribution in [0.3, 0.4) is 0 Å². The molecule has 11 heteroatoms. The minimum Gasteiger partial charge on any atom is -0.370 e. The first-order chi connectivity index (χ1) is 19.7. The van der Waals surface area contributed by atoms with Gasteiger partial charge in [-0.2, -0.15) is 0 Å². The smallest absolute Gasteiger partial charge is 0.237 e. The summed E-state index contributed by atoms with van der Waals surface area (Å²) in [6, 6.07) is 17.6. The zero-order valence-electron chi connectivity index (χ0n) is 23.2. The fourth-order valence-electron chi connectivity index (χ4n) is 4.67. The number of Topliss-reactive ketones (excluding diaryl/α,β-unsaturated/α-hetero) is 1. The molecule has 0 heterocycles. The molecule has 3 aromatic carbocycles. The second kappa shape index (κ2) is 15.3. The molecule has 0 saturated carbocycles. The highest BCUT2D eigenvalue weighted by Crippen LogP contribution is 2.25. The summed E-state index contributed by atoms with van der Waals surface area (Å²) in [5.41, 5.74) is 23.1. The standard InChI is InChI=1S/C30H39FN8O2/c1-19(23-10-4-8-20-7-2-3-9-24(20)23)38-26(12-6-18-37-30(34)35)28(41)39-25(11-5-17-36-29(32)33)27(40)21-13-15-22(31)16-14-21/h2-4,7-10,13-16,19,25-26,38H,5-6,11-12,17-18H2,1H3,(H,39,41)(H4,32,33,36)(H4,34,35,37)/t19-,25-,26-/m0/s1. The number of nitrogens with zero attached hydrogens (tertiary/aromatic N) is 2. The third-order valence-electron chi connectivity index (χ3n) is 6.71. The summed E-state index contributed by atoms with van der Waals surface area (Å²) >= 11 is 0. The minimum atomic E-state index is -0.864. The van der Waals surface area contributed by atoms with Crippen LogP contribution in [-0.2, 0) is 4.79 Å². The molecule has 0 saturated heterocycles. The zero-order chi connectivity index (χ0) is 29.8. The van der Waals surface area contributed by atoms with Crippen molar-refractivity contribution in [2.75, 3.05) is 13.1 Å². The number of carbonyl (C=O) groups is 2. The maximum atomic E-state index is 13.7. The van der Waals surface area contributed by atoms with Gasteiger partial charge in [0.15, 0.2) is 17.7 Å². The van der Waals surface area contributed by atoms with Crippen LogP contribution in [0.15, 0.2) is 76.7 Å². The number of nitrogens with two attached hydrogens (primary N) is 4. The van der Waals surface area contributed by atoms with Gasteiger partial charge in [-0.3, -0.25) is 24.9 Å². The molecule has 3 rings (SSSR count). The van der Waals surface area contributed by atoms with Crippen LogP contribution < -0.4 is 33.6 Å². The van der Waals surface area contributed by atoms with Crippen molar-refractivity contribution in [3.8, 4) is 0 Å². The summed E-state index contributed by atoms with van der Waals surface area (Å²) in [7, 11) is 0. The van der Waals surface area contributed by atoms with Gasteiger partial charge in [-0.15, -0.1) is 0 Å². The van der Waals surface area contributed by atoms with Crippen molar-refractivity contribution >= 4 is 34.4 Å². The van der Waals surface area contributed by atoms with E-state index in [1.807, 2.05) is 49.4 Å². The average molecular weight is 563 g/mol. The summed E-state index contributed by atoms with van der Waals surface area (Å²) in [6.07, 6.45) is 1.69. The molecule has 0 aliphatic carbocycles. The number of nitrogens with one attached hydrogen (secondary N) is 2. The van der Waals surface area contributed by atoms with Crippen LogP contribution in [0.2, 0.25) is 0 Å². The number of aliphatic imine (C=N–C) groups is 2. The summed E-state index contributed by atoms with van der Waals surface area (Å²) in [6.45, 7) is 2.64. The van der Waals surface area contributed by atoms with Crippen LogP contribution in [0, 0.1) is 5.82 Å². The van der Waals surface area contributed by atoms with Crippen LogP contribution >= 0.6 is 0 Å². The Kier molecular flexibility index (Phi) is 11.6. The topological polar surface area (TPSA) is 187 Å². The fraction of sp³-hybridized carbons (Fsp3) is 0.333. The SMILES string of the molecule is C[C@H](N[C@@H](CCCN=C(N)N)C(=O)N[C@@H](CCCN=C(N)N)C(=O)c1ccc(F)cc1)c1cccc2ccccc12. The van der Waals surface area contributed by atoms with Gasteiger partial charge in [0.2, 0.25) is 5.91 Å². The zero-order valence-corrected chi connectivity index (χ0v) is 23.2. The molecule has 0 fully saturated rings. The van der Waals surface area contributed by atoms with E-state index in [2.05, 4.69) is 20.6 Å². The van der Waals surface area contributed by atoms with Gasteiger partial charge in [0, 0.05) is 24.7 Å². The quantitative estimate of drug-likeness (QED) is 0.0710. The summed E-state index contributed by atoms with van der Waals surface area (Å²) in [5, 5.41) is 8.55. The molecular formula is C30H39FN8O2. The number of ketones is 1. The molecule has 218 valence electrons. The second-order valence-corrected chi connectivity index (χ2v) is 9.84. The van der Waals surface area contributed by atoms with Gasteiger partial charge in [0.05, 0.1) is 12.1 Å². The molecule has 1 amide bonds. The highest BCUT2D eigenvalue weighted by atomic mass is 19.1. The molecule has 0 aliphatic rings. The number of guanidine groups is 2. The molecule has 10 N–H and O–H groups in total. The normalized spacial score (nSPS) is 13.1. The average Bonchev–Trinajstić information content (AvgIpc) is 2.95. The van der Waals surface area contributed by atoms with Gasteiger partial charge in [0.1, 0.15) is 5.82 Å². The van der Waals surface area contributed by atoms with E-state index in [4.69, 9.17) is 22.9 Å². The van der Waals surface area contributed by atoms with Crippen LogP contribution in [0.5, 0.6) is 0 Å². The van der Waals surface area contributed by atoms with Crippen LogP contribution in [-0.4, -0.2) is 48.8 Å². The molecular weight excluding hydrogens is 523 g/mol. The predicted molar refractivity (Wildman–Crippen MR) is 162 cm³/mol. The summed E-state index contributed by atoms with van der Waals surface area (Å²) in [4.78, 5) is 35.1. The van der Waals surface area contributed by atoms with Crippen molar-refractivity contribution in [3.63, 3.8) is 0 Å². The van der Waals surface area contributed by atoms with Gasteiger partial charge in [-0.1, -0.05) is 42.5 Å². The number of hydrogen-bond acceptors (Lipinski definition) is 5. The molecule has 0 radical (unpaired) electrons. The van der Waals surface area contributed by atoms with Crippen LogP contribution in [0.4, 0.5) is 4.39 Å². The minimum absolute atomic E-state index is 0.0196. The fourth-order valence-corrected chi connectivity index (χ4v) is 4.67. The number of hydrogen-bond donors (Lipinski definition) is 6. The maximum absolute atomic E-state index is 13.7. The second-order valence-electron chi connectivity index (χ2n) is 9.84. The number of fused-ring (bicyclic) bond motifs is 1. The lowest BCUT2D eigenvalue weighted by molar-refractivity contribution is -0.124. The van der Waals surface area contributed by atoms with E-state index in [0.717, 1.165) is 16.3 Å². The highest BCUT2D eigenvalue weighted by Gasteiger charge is 2.27. The first-order valence-corrected chi connectivity index (χ1v) is 13.6. The Morgan fingerprint density at radius 3 is 2.02 bits per heavy atom. The van der Waals surface area contributed by atoms with E-state index >= 15 is 0 Å². The molecule has 3 atom stereocenters. The molecule has 0 unspecified atom stereocenters. The molecule has 41 heavy (non-hydrogen) atoms. The van der Waals surface area contributed by atoms with E-state index in [1.165, 1.54) is 24.3 Å². The third-order valence-corrected chi connectivity index (χ3v) is 6.71. The van der Waals surface area contributed by atoms with Gasteiger partial charge in [-0.05, 0) is 73.2 Å². The first kappa shape index (κ1) is 31.0. The number of rotatable bonds is 15. The largest absolute Gasteiger partial charge is 0.370 e. The molecule has 3 aromatic rings. The van der Waals surface area contributed by atoms with E-state index in [0.29, 0.717) is 44.3 Å². The highest BCUT2D eigenvalue weighted by molar-refractivity contribution is 6.02. The maximum Gasteiger partial charge on any atom is 0.237 e. The Morgan fingerprint density at radius 2 is 1.39 bits per heavy atom. The molecule has 0 aliphatic heterocycles. The Balaban J connectivity index is 1.82. The molecule has 0 aromatic heterocycles. The van der Waals surface area contributed by atoms with Gasteiger partial charge < -0.3 is 28.3 Å². The number of benzene rings is 3. The van der Waals surface area contributed by atoms with Crippen molar-refractivity contribution < 1.29 is 14.0 Å². The van der Waals surface area contributed by atoms with Gasteiger partial charge >= 0.3 is 0 Å². The van der Waals surface area contributed by atoms with E-state index in [9.17, 15) is 14.0 Å². The number of carbonyl (C=O) groups excluding carboxylic acids is 2. The van der Waals surface area contributed by atoms with Gasteiger partial charge in [-0.25, -0.2) is 4.39 Å². The van der Waals surface area contributed by atoms with E-state index in [-0.39, 0.29) is 29.7 Å². The molecule has 10 nitrogen and oxygen atoms in total. The lowest BCUT2D eigenvalue weighted by Crippen LogP contribution is -2.50. The predicted octanol–water partition coefficient (Wildman–Crippen LogP) is 2.47. The van der Waals surface area contributed by atoms with Crippen molar-refractivity contribution in [1.82, 2.24) is 10.6 Å². The van der Waals surface area contributed by atoms with Crippen LogP contribution in [0.25, 0.3) is 10.8 Å². The van der Waals surface area contributed by atoms with Crippen LogP contribution in [0.1, 0.15) is 54.6 Å². The molecule has 0 spiro atoms. The lowest BCUT2D eigenvalue weighted by Gasteiger charge is -2.26. The Labute approximate surface area is 239 Å². The Morgan fingerprint density at radius 1 is 0.805 bits per heavy atom. The Bertz CT molecular complexity index is 1360. The lowest BCUT2D eigenvalue weighted by atomic mass is 9.97. The van der Waals surface area contributed by atoms with E-state index in [1.54, 1.807) is 0 Å². The van der Waals surface area contributed by atoms with Crippen molar-refractivity contribution in [2.45, 2.75) is 50.7 Å². The summed E-state index contributed by atoms with van der Waals surface area (Å²) < 4.78 is 13.5. The summed E-state index contributed by atoms with van der Waals surface area (Å²) in [5.74, 6) is -1.20. The first-order valence-electron chi connectivity index (χ1n) is 13.6. The number of halogens is 1. The van der Waals surface area contributed by atoms with Gasteiger partial charge in [0.25, 0.3) is 0 Å². The molecule has 0 bridgehead atoms.